The van der Waals surface area contributed by atoms with Crippen LogP contribution in [0.4, 0.5) is 5.82 Å². The maximum absolute atomic E-state index is 10.4. The van der Waals surface area contributed by atoms with Crippen LogP contribution in [-0.4, -0.2) is 27.8 Å². The molecule has 1 aromatic heterocycles. The van der Waals surface area contributed by atoms with Crippen molar-refractivity contribution in [1.29, 1.82) is 5.26 Å². The molecule has 1 atom stereocenters. The number of aromatic nitrogens is 2. The van der Waals surface area contributed by atoms with E-state index in [9.17, 15) is 4.79 Å². The summed E-state index contributed by atoms with van der Waals surface area (Å²) in [6, 6.07) is 3.63. The van der Waals surface area contributed by atoms with Crippen LogP contribution in [0.2, 0.25) is 0 Å². The van der Waals surface area contributed by atoms with E-state index in [-0.39, 0.29) is 6.42 Å². The normalized spacial score (nSPS) is 11.6. The quantitative estimate of drug-likeness (QED) is 0.761. The van der Waals surface area contributed by atoms with Gasteiger partial charge in [0, 0.05) is 13.0 Å². The third-order valence-corrected chi connectivity index (χ3v) is 2.62. The summed E-state index contributed by atoms with van der Waals surface area (Å²) in [5, 5.41) is 28.0. The highest BCUT2D eigenvalue weighted by molar-refractivity contribution is 5.66. The number of rotatable bonds is 7. The number of nitrogens with zero attached hydrogens (tertiary/aromatic N) is 3. The molecule has 0 aliphatic rings. The number of carbonyl (C=O) groups is 1. The van der Waals surface area contributed by atoms with Gasteiger partial charge in [0.25, 0.3) is 0 Å². The minimum absolute atomic E-state index is 0.190. The van der Waals surface area contributed by atoms with Crippen LogP contribution in [-0.2, 0) is 4.79 Å². The van der Waals surface area contributed by atoms with Gasteiger partial charge in [0.15, 0.2) is 5.82 Å². The molecule has 1 rings (SSSR count). The molecule has 6 heteroatoms. The highest BCUT2D eigenvalue weighted by Gasteiger charge is 2.07. The van der Waals surface area contributed by atoms with Crippen LogP contribution in [0, 0.1) is 17.2 Å². The Bertz CT molecular complexity index is 442. The number of hydrogen-bond donors (Lipinski definition) is 2. The van der Waals surface area contributed by atoms with Crippen LogP contribution in [0.25, 0.3) is 0 Å². The van der Waals surface area contributed by atoms with Gasteiger partial charge in [-0.25, -0.2) is 0 Å². The van der Waals surface area contributed by atoms with Crippen LogP contribution in [0.1, 0.15) is 31.7 Å². The van der Waals surface area contributed by atoms with Gasteiger partial charge >= 0.3 is 5.97 Å². The van der Waals surface area contributed by atoms with Crippen molar-refractivity contribution in [3.8, 4) is 6.07 Å². The molecule has 2 N–H and O–H groups in total. The van der Waals surface area contributed by atoms with Gasteiger partial charge < -0.3 is 10.4 Å². The molecule has 18 heavy (non-hydrogen) atoms. The lowest BCUT2D eigenvalue weighted by Crippen LogP contribution is -2.10. The van der Waals surface area contributed by atoms with Crippen molar-refractivity contribution < 1.29 is 9.90 Å². The Morgan fingerprint density at radius 2 is 2.39 bits per heavy atom. The molecule has 1 heterocycles. The van der Waals surface area contributed by atoms with Crippen molar-refractivity contribution in [2.75, 3.05) is 11.9 Å². The highest BCUT2D eigenvalue weighted by atomic mass is 16.4. The monoisotopic (exact) mass is 248 g/mol. The van der Waals surface area contributed by atoms with Crippen molar-refractivity contribution in [3.63, 3.8) is 0 Å². The zero-order valence-electron chi connectivity index (χ0n) is 10.3. The molecule has 1 unspecified atom stereocenters. The molecule has 0 aliphatic heterocycles. The number of carboxylic acid groups (broad SMARTS) is 1. The van der Waals surface area contributed by atoms with Crippen LogP contribution in [0.15, 0.2) is 12.3 Å². The summed E-state index contributed by atoms with van der Waals surface area (Å²) in [5.74, 6) is 0.0248. The molecular formula is C12H16N4O2. The fourth-order valence-corrected chi connectivity index (χ4v) is 1.50. The number of hydrogen-bond acceptors (Lipinski definition) is 5. The lowest BCUT2D eigenvalue weighted by atomic mass is 10.0. The summed E-state index contributed by atoms with van der Waals surface area (Å²) in [4.78, 5) is 10.4. The zero-order valence-corrected chi connectivity index (χ0v) is 10.3. The molecule has 6 nitrogen and oxygen atoms in total. The Kier molecular flexibility index (Phi) is 5.58. The first-order valence-electron chi connectivity index (χ1n) is 5.81. The van der Waals surface area contributed by atoms with E-state index in [1.807, 2.05) is 13.0 Å². The summed E-state index contributed by atoms with van der Waals surface area (Å²) >= 11 is 0. The second-order valence-corrected chi connectivity index (χ2v) is 4.16. The molecule has 1 aromatic rings. The first-order chi connectivity index (χ1) is 8.63. The van der Waals surface area contributed by atoms with E-state index in [0.717, 1.165) is 6.42 Å². The molecule has 0 aromatic carbocycles. The molecule has 0 amide bonds. The summed E-state index contributed by atoms with van der Waals surface area (Å²) < 4.78 is 0. The Balaban J connectivity index is 2.33. The first-order valence-corrected chi connectivity index (χ1v) is 5.81. The minimum Gasteiger partial charge on any atom is -0.481 e. The van der Waals surface area contributed by atoms with E-state index in [2.05, 4.69) is 15.5 Å². The Labute approximate surface area is 106 Å². The van der Waals surface area contributed by atoms with Crippen molar-refractivity contribution in [2.24, 2.45) is 5.92 Å². The average molecular weight is 248 g/mol. The van der Waals surface area contributed by atoms with Crippen molar-refractivity contribution in [1.82, 2.24) is 10.2 Å². The highest BCUT2D eigenvalue weighted by Crippen LogP contribution is 2.12. The van der Waals surface area contributed by atoms with Crippen LogP contribution >= 0.6 is 0 Å². The predicted octanol–water partition coefficient (Wildman–Crippen LogP) is 1.65. The minimum atomic E-state index is -0.768. The molecule has 0 spiro atoms. The van der Waals surface area contributed by atoms with Gasteiger partial charge in [-0.2, -0.15) is 10.4 Å². The smallest absolute Gasteiger partial charge is 0.303 e. The Hall–Kier alpha value is -2.16. The molecular weight excluding hydrogens is 232 g/mol. The topological polar surface area (TPSA) is 98.9 Å². The Morgan fingerprint density at radius 1 is 1.61 bits per heavy atom. The molecule has 0 fully saturated rings. The van der Waals surface area contributed by atoms with Crippen LogP contribution in [0.3, 0.4) is 0 Å². The summed E-state index contributed by atoms with van der Waals surface area (Å²) in [6.07, 6.45) is 3.15. The standard InChI is InChI=1S/C12H16N4O2/c1-9(2-3-11(17)18)4-6-14-12-10(8-13)5-7-15-16-12/h5,7,9H,2-4,6H2,1H3,(H,14,16)(H,17,18). The number of anilines is 1. The second-order valence-electron chi connectivity index (χ2n) is 4.16. The fraction of sp³-hybridized carbons (Fsp3) is 0.500. The summed E-state index contributed by atoms with van der Waals surface area (Å²) in [5.41, 5.74) is 0.461. The molecule has 0 aliphatic carbocycles. The lowest BCUT2D eigenvalue weighted by molar-refractivity contribution is -0.137. The summed E-state index contributed by atoms with van der Waals surface area (Å²) in [7, 11) is 0. The van der Waals surface area contributed by atoms with Crippen molar-refractivity contribution in [2.45, 2.75) is 26.2 Å². The van der Waals surface area contributed by atoms with Crippen molar-refractivity contribution in [3.05, 3.63) is 17.8 Å². The van der Waals surface area contributed by atoms with Crippen LogP contribution < -0.4 is 5.32 Å². The van der Waals surface area contributed by atoms with E-state index in [4.69, 9.17) is 10.4 Å². The van der Waals surface area contributed by atoms with Gasteiger partial charge in [-0.15, -0.1) is 5.10 Å². The number of carboxylic acids is 1. The van der Waals surface area contributed by atoms with Crippen molar-refractivity contribution >= 4 is 11.8 Å². The number of aliphatic carboxylic acids is 1. The number of nitriles is 1. The van der Waals surface area contributed by atoms with Crippen LogP contribution in [0.5, 0.6) is 0 Å². The molecule has 0 saturated heterocycles. The average Bonchev–Trinajstić information content (AvgIpc) is 2.37. The van der Waals surface area contributed by atoms with Gasteiger partial charge in [-0.1, -0.05) is 6.92 Å². The molecule has 0 saturated carbocycles. The van der Waals surface area contributed by atoms with E-state index in [0.29, 0.717) is 30.3 Å². The van der Waals surface area contributed by atoms with Gasteiger partial charge in [0.05, 0.1) is 11.8 Å². The lowest BCUT2D eigenvalue weighted by Gasteiger charge is -2.11. The third-order valence-electron chi connectivity index (χ3n) is 2.62. The SMILES string of the molecule is CC(CCNc1nnccc1C#N)CCC(=O)O. The largest absolute Gasteiger partial charge is 0.481 e. The van der Waals surface area contributed by atoms with E-state index < -0.39 is 5.97 Å². The maximum Gasteiger partial charge on any atom is 0.303 e. The van der Waals surface area contributed by atoms with E-state index >= 15 is 0 Å². The number of nitrogens with one attached hydrogen (secondary N) is 1. The third kappa shape index (κ3) is 4.78. The zero-order chi connectivity index (χ0) is 13.4. The van der Waals surface area contributed by atoms with Gasteiger partial charge in [0.1, 0.15) is 6.07 Å². The summed E-state index contributed by atoms with van der Waals surface area (Å²) in [6.45, 7) is 2.65. The van der Waals surface area contributed by atoms with Gasteiger partial charge in [-0.3, -0.25) is 4.79 Å². The van der Waals surface area contributed by atoms with E-state index in [1.165, 1.54) is 6.20 Å². The second kappa shape index (κ2) is 7.22. The van der Waals surface area contributed by atoms with E-state index in [1.54, 1.807) is 6.07 Å². The van der Waals surface area contributed by atoms with Gasteiger partial charge in [0.2, 0.25) is 0 Å². The molecule has 0 radical (unpaired) electrons. The molecule has 0 bridgehead atoms. The first kappa shape index (κ1) is 13.9. The predicted molar refractivity (Wildman–Crippen MR) is 65.9 cm³/mol. The maximum atomic E-state index is 10.4. The Morgan fingerprint density at radius 3 is 3.06 bits per heavy atom. The van der Waals surface area contributed by atoms with Gasteiger partial charge in [-0.05, 0) is 24.8 Å². The molecule has 96 valence electrons. The fourth-order valence-electron chi connectivity index (χ4n) is 1.50.